The van der Waals surface area contributed by atoms with Gasteiger partial charge in [-0.05, 0) is 72.5 Å². The maximum Gasteiger partial charge on any atom is 0.251 e. The molecule has 0 heterocycles. The molecule has 0 unspecified atom stereocenters. The van der Waals surface area contributed by atoms with E-state index >= 15 is 0 Å². The first kappa shape index (κ1) is 22.5. The van der Waals surface area contributed by atoms with Crippen LogP contribution in [0.3, 0.4) is 0 Å². The van der Waals surface area contributed by atoms with E-state index in [4.69, 9.17) is 0 Å². The molecule has 1 amide bonds. The van der Waals surface area contributed by atoms with Crippen molar-refractivity contribution in [3.63, 3.8) is 0 Å². The van der Waals surface area contributed by atoms with Crippen LogP contribution in [0, 0.1) is 19.7 Å². The molecule has 1 N–H and O–H groups in total. The minimum atomic E-state index is -3.49. The van der Waals surface area contributed by atoms with Crippen LogP contribution in [0.15, 0.2) is 66.7 Å². The zero-order chi connectivity index (χ0) is 22.6. The number of nitrogens with zero attached hydrogens (tertiary/aromatic N) is 1. The van der Waals surface area contributed by atoms with E-state index in [2.05, 4.69) is 5.32 Å². The number of carbonyl (C=O) groups excluding carboxylic acids is 1. The summed E-state index contributed by atoms with van der Waals surface area (Å²) in [4.78, 5) is 12.4. The first-order valence-electron chi connectivity index (χ1n) is 9.79. The molecule has 31 heavy (non-hydrogen) atoms. The van der Waals surface area contributed by atoms with Crippen molar-refractivity contribution in [2.24, 2.45) is 0 Å². The third-order valence-corrected chi connectivity index (χ3v) is 5.94. The standard InChI is InChI=1S/C24H25FN2O3S/c1-17-12-18(2)14-23(13-17)27(31(3,29)30)16-20-4-8-21(9-5-20)24(28)26-15-19-6-10-22(25)11-7-19/h4-14H,15-16H2,1-3H3,(H,26,28). The fraction of sp³-hybridized carbons (Fsp3) is 0.208. The number of sulfonamides is 1. The van der Waals surface area contributed by atoms with Crippen LogP contribution in [0.5, 0.6) is 0 Å². The minimum absolute atomic E-state index is 0.166. The Hall–Kier alpha value is -3.19. The molecule has 0 aliphatic carbocycles. The van der Waals surface area contributed by atoms with Gasteiger partial charge < -0.3 is 5.32 Å². The first-order valence-corrected chi connectivity index (χ1v) is 11.6. The Balaban J connectivity index is 1.71. The molecule has 0 aliphatic rings. The van der Waals surface area contributed by atoms with Crippen molar-refractivity contribution in [3.05, 3.63) is 100 Å². The quantitative estimate of drug-likeness (QED) is 0.594. The van der Waals surface area contributed by atoms with Gasteiger partial charge in [0.15, 0.2) is 0 Å². The second kappa shape index (κ2) is 9.31. The van der Waals surface area contributed by atoms with Crippen LogP contribution >= 0.6 is 0 Å². The summed E-state index contributed by atoms with van der Waals surface area (Å²) in [5, 5.41) is 2.79. The number of anilines is 1. The van der Waals surface area contributed by atoms with E-state index in [0.717, 1.165) is 22.3 Å². The largest absolute Gasteiger partial charge is 0.348 e. The lowest BCUT2D eigenvalue weighted by Gasteiger charge is -2.23. The molecular weight excluding hydrogens is 415 g/mol. The maximum absolute atomic E-state index is 13.0. The summed E-state index contributed by atoms with van der Waals surface area (Å²) >= 11 is 0. The Morgan fingerprint density at radius 2 is 1.45 bits per heavy atom. The molecule has 0 bridgehead atoms. The Morgan fingerprint density at radius 3 is 2.00 bits per heavy atom. The van der Waals surface area contributed by atoms with Gasteiger partial charge in [-0.15, -0.1) is 0 Å². The monoisotopic (exact) mass is 440 g/mol. The average molecular weight is 441 g/mol. The van der Waals surface area contributed by atoms with Gasteiger partial charge in [0.2, 0.25) is 10.0 Å². The van der Waals surface area contributed by atoms with Crippen LogP contribution in [0.1, 0.15) is 32.6 Å². The maximum atomic E-state index is 13.0. The van der Waals surface area contributed by atoms with Gasteiger partial charge in [0.25, 0.3) is 5.91 Å². The normalized spacial score (nSPS) is 11.2. The van der Waals surface area contributed by atoms with Crippen LogP contribution in [0.25, 0.3) is 0 Å². The number of aryl methyl sites for hydroxylation is 2. The fourth-order valence-electron chi connectivity index (χ4n) is 3.31. The smallest absolute Gasteiger partial charge is 0.251 e. The van der Waals surface area contributed by atoms with Crippen molar-refractivity contribution >= 4 is 21.6 Å². The Morgan fingerprint density at radius 1 is 0.903 bits per heavy atom. The molecule has 162 valence electrons. The second-order valence-corrected chi connectivity index (χ2v) is 9.53. The Bertz CT molecular complexity index is 1150. The van der Waals surface area contributed by atoms with E-state index in [1.165, 1.54) is 22.7 Å². The molecule has 0 fully saturated rings. The molecule has 0 aliphatic heterocycles. The number of hydrogen-bond acceptors (Lipinski definition) is 3. The molecule has 0 radical (unpaired) electrons. The van der Waals surface area contributed by atoms with Crippen molar-refractivity contribution in [2.75, 3.05) is 10.6 Å². The molecule has 0 aromatic heterocycles. The Labute approximate surface area is 182 Å². The van der Waals surface area contributed by atoms with E-state index in [9.17, 15) is 17.6 Å². The first-order chi connectivity index (χ1) is 14.6. The summed E-state index contributed by atoms with van der Waals surface area (Å²) in [5.74, 6) is -0.584. The predicted molar refractivity (Wildman–Crippen MR) is 121 cm³/mol. The number of hydrogen-bond donors (Lipinski definition) is 1. The van der Waals surface area contributed by atoms with Crippen LogP contribution in [-0.2, 0) is 23.1 Å². The molecular formula is C24H25FN2O3S. The summed E-state index contributed by atoms with van der Waals surface area (Å²) in [6.45, 7) is 4.31. The van der Waals surface area contributed by atoms with Crippen LogP contribution in [0.2, 0.25) is 0 Å². The average Bonchev–Trinajstić information content (AvgIpc) is 2.70. The van der Waals surface area contributed by atoms with Gasteiger partial charge in [-0.1, -0.05) is 30.3 Å². The predicted octanol–water partition coefficient (Wildman–Crippen LogP) is 4.34. The van der Waals surface area contributed by atoms with Crippen molar-refractivity contribution in [1.29, 1.82) is 0 Å². The molecule has 3 aromatic carbocycles. The molecule has 0 atom stereocenters. The second-order valence-electron chi connectivity index (χ2n) is 7.62. The van der Waals surface area contributed by atoms with Gasteiger partial charge in [-0.2, -0.15) is 0 Å². The third kappa shape index (κ3) is 6.15. The SMILES string of the molecule is Cc1cc(C)cc(N(Cc2ccc(C(=O)NCc3ccc(F)cc3)cc2)S(C)(=O)=O)c1. The van der Waals surface area contributed by atoms with Gasteiger partial charge >= 0.3 is 0 Å². The van der Waals surface area contributed by atoms with Gasteiger partial charge in [0.1, 0.15) is 5.82 Å². The van der Waals surface area contributed by atoms with Crippen molar-refractivity contribution in [2.45, 2.75) is 26.9 Å². The molecule has 3 rings (SSSR count). The van der Waals surface area contributed by atoms with Gasteiger partial charge in [-0.3, -0.25) is 9.10 Å². The Kier molecular flexibility index (Phi) is 6.75. The highest BCUT2D eigenvalue weighted by Crippen LogP contribution is 2.23. The zero-order valence-electron chi connectivity index (χ0n) is 17.7. The topological polar surface area (TPSA) is 66.5 Å². The summed E-state index contributed by atoms with van der Waals surface area (Å²) in [5.41, 5.74) is 4.60. The van der Waals surface area contributed by atoms with E-state index < -0.39 is 10.0 Å². The lowest BCUT2D eigenvalue weighted by molar-refractivity contribution is 0.0951. The zero-order valence-corrected chi connectivity index (χ0v) is 18.5. The van der Waals surface area contributed by atoms with E-state index in [1.54, 1.807) is 36.4 Å². The molecule has 3 aromatic rings. The lowest BCUT2D eigenvalue weighted by Crippen LogP contribution is -2.29. The van der Waals surface area contributed by atoms with E-state index in [0.29, 0.717) is 11.3 Å². The highest BCUT2D eigenvalue weighted by Gasteiger charge is 2.19. The summed E-state index contributed by atoms with van der Waals surface area (Å²) in [6.07, 6.45) is 1.18. The van der Waals surface area contributed by atoms with Gasteiger partial charge in [0, 0.05) is 12.1 Å². The molecule has 7 heteroatoms. The van der Waals surface area contributed by atoms with Crippen molar-refractivity contribution in [3.8, 4) is 0 Å². The summed E-state index contributed by atoms with van der Waals surface area (Å²) < 4.78 is 39.2. The molecule has 0 saturated heterocycles. The summed E-state index contributed by atoms with van der Waals surface area (Å²) in [7, 11) is -3.49. The van der Waals surface area contributed by atoms with Crippen molar-refractivity contribution < 1.29 is 17.6 Å². The molecule has 5 nitrogen and oxygen atoms in total. The molecule has 0 saturated carbocycles. The summed E-state index contributed by atoms with van der Waals surface area (Å²) in [6, 6.07) is 18.4. The fourth-order valence-corrected chi connectivity index (χ4v) is 4.18. The number of amides is 1. The van der Waals surface area contributed by atoms with Gasteiger partial charge in [0.05, 0.1) is 18.5 Å². The number of benzene rings is 3. The highest BCUT2D eigenvalue weighted by atomic mass is 32.2. The van der Waals surface area contributed by atoms with Crippen LogP contribution in [-0.4, -0.2) is 20.6 Å². The lowest BCUT2D eigenvalue weighted by atomic mass is 10.1. The van der Waals surface area contributed by atoms with Crippen LogP contribution < -0.4 is 9.62 Å². The minimum Gasteiger partial charge on any atom is -0.348 e. The number of halogens is 1. The number of rotatable bonds is 7. The van der Waals surface area contributed by atoms with Gasteiger partial charge in [-0.25, -0.2) is 12.8 Å². The van der Waals surface area contributed by atoms with E-state index in [-0.39, 0.29) is 24.8 Å². The molecule has 0 spiro atoms. The highest BCUT2D eigenvalue weighted by molar-refractivity contribution is 7.92. The van der Waals surface area contributed by atoms with E-state index in [1.807, 2.05) is 32.0 Å². The third-order valence-electron chi connectivity index (χ3n) is 4.80. The van der Waals surface area contributed by atoms with Crippen molar-refractivity contribution in [1.82, 2.24) is 5.32 Å². The number of carbonyl (C=O) groups is 1. The number of nitrogens with one attached hydrogen (secondary N) is 1. The van der Waals surface area contributed by atoms with Crippen LogP contribution in [0.4, 0.5) is 10.1 Å².